The van der Waals surface area contributed by atoms with E-state index in [0.717, 1.165) is 11.1 Å². The van der Waals surface area contributed by atoms with Crippen molar-refractivity contribution >= 4 is 5.91 Å². The van der Waals surface area contributed by atoms with Gasteiger partial charge in [-0.05, 0) is 37.6 Å². The van der Waals surface area contributed by atoms with Gasteiger partial charge in [-0.25, -0.2) is 0 Å². The Morgan fingerprint density at radius 2 is 2.17 bits per heavy atom. The number of rotatable bonds is 7. The highest BCUT2D eigenvalue weighted by atomic mass is 16.5. The van der Waals surface area contributed by atoms with Gasteiger partial charge in [0.25, 0.3) is 5.91 Å². The lowest BCUT2D eigenvalue weighted by molar-refractivity contribution is -0.134. The van der Waals surface area contributed by atoms with E-state index >= 15 is 0 Å². The van der Waals surface area contributed by atoms with Crippen LogP contribution in [0.4, 0.5) is 0 Å². The molecule has 0 radical (unpaired) electrons. The zero-order valence-corrected chi connectivity index (χ0v) is 13.4. The highest BCUT2D eigenvalue weighted by Gasteiger charge is 2.16. The third-order valence-corrected chi connectivity index (χ3v) is 3.45. The zero-order chi connectivity index (χ0) is 16.7. The lowest BCUT2D eigenvalue weighted by Gasteiger charge is -2.21. The molecule has 5 nitrogen and oxygen atoms in total. The van der Waals surface area contributed by atoms with Gasteiger partial charge in [-0.2, -0.15) is 5.26 Å². The van der Waals surface area contributed by atoms with Crippen LogP contribution in [0, 0.1) is 25.2 Å². The first-order valence-corrected chi connectivity index (χ1v) is 7.47. The fourth-order valence-corrected chi connectivity index (χ4v) is 2.26. The first-order valence-electron chi connectivity index (χ1n) is 7.47. The molecule has 2 rings (SSSR count). The Morgan fingerprint density at radius 3 is 2.83 bits per heavy atom. The highest BCUT2D eigenvalue weighted by Crippen LogP contribution is 2.19. The number of benzene rings is 1. The van der Waals surface area contributed by atoms with Crippen LogP contribution in [0.25, 0.3) is 0 Å². The number of hydrogen-bond donors (Lipinski definition) is 0. The second-order valence-electron chi connectivity index (χ2n) is 5.36. The topological polar surface area (TPSA) is 66.5 Å². The van der Waals surface area contributed by atoms with Crippen LogP contribution in [0.2, 0.25) is 0 Å². The van der Waals surface area contributed by atoms with Crippen LogP contribution in [0.15, 0.2) is 41.0 Å². The molecule has 1 aromatic heterocycles. The molecule has 0 saturated carbocycles. The molecule has 0 unspecified atom stereocenters. The van der Waals surface area contributed by atoms with Crippen LogP contribution < -0.4 is 4.74 Å². The number of carbonyl (C=O) groups excluding carboxylic acids is 1. The third kappa shape index (κ3) is 4.89. The second-order valence-corrected chi connectivity index (χ2v) is 5.36. The minimum absolute atomic E-state index is 0.0595. The molecule has 0 N–H and O–H groups in total. The maximum atomic E-state index is 12.4. The van der Waals surface area contributed by atoms with Gasteiger partial charge < -0.3 is 14.1 Å². The molecule has 0 fully saturated rings. The number of nitriles is 1. The molecular formula is C18H20N2O3. The summed E-state index contributed by atoms with van der Waals surface area (Å²) >= 11 is 0. The minimum Gasteiger partial charge on any atom is -0.484 e. The van der Waals surface area contributed by atoms with Crippen molar-refractivity contribution in [1.82, 2.24) is 4.90 Å². The number of ether oxygens (including phenoxy) is 1. The molecule has 0 bridgehead atoms. The molecule has 1 aromatic carbocycles. The fourth-order valence-electron chi connectivity index (χ4n) is 2.26. The van der Waals surface area contributed by atoms with Gasteiger partial charge in [0.2, 0.25) is 0 Å². The third-order valence-electron chi connectivity index (χ3n) is 3.45. The second kappa shape index (κ2) is 8.04. The van der Waals surface area contributed by atoms with E-state index in [0.29, 0.717) is 24.6 Å². The number of aryl methyl sites for hydroxylation is 2. The lowest BCUT2D eigenvalue weighted by Crippen LogP contribution is -2.35. The monoisotopic (exact) mass is 312 g/mol. The summed E-state index contributed by atoms with van der Waals surface area (Å²) in [4.78, 5) is 14.0. The Morgan fingerprint density at radius 1 is 1.35 bits per heavy atom. The maximum absolute atomic E-state index is 12.4. The molecule has 0 aliphatic carbocycles. The summed E-state index contributed by atoms with van der Waals surface area (Å²) in [6.45, 7) is 4.59. The first kappa shape index (κ1) is 16.6. The lowest BCUT2D eigenvalue weighted by atomic mass is 10.1. The van der Waals surface area contributed by atoms with Gasteiger partial charge in [0.05, 0.1) is 25.3 Å². The number of nitrogens with zero attached hydrogens (tertiary/aromatic N) is 2. The van der Waals surface area contributed by atoms with Crippen molar-refractivity contribution in [2.75, 3.05) is 13.2 Å². The Hall–Kier alpha value is -2.74. The Balaban J connectivity index is 1.97. The number of hydrogen-bond acceptors (Lipinski definition) is 4. The van der Waals surface area contributed by atoms with Crippen molar-refractivity contribution in [2.24, 2.45) is 0 Å². The van der Waals surface area contributed by atoms with E-state index in [1.165, 1.54) is 0 Å². The molecule has 5 heteroatoms. The molecule has 0 aliphatic rings. The number of amides is 1. The summed E-state index contributed by atoms with van der Waals surface area (Å²) in [5, 5.41) is 8.75. The summed E-state index contributed by atoms with van der Waals surface area (Å²) in [5.41, 5.74) is 2.14. The average molecular weight is 312 g/mol. The molecule has 1 amide bonds. The highest BCUT2D eigenvalue weighted by molar-refractivity contribution is 5.77. The fraction of sp³-hybridized carbons (Fsp3) is 0.333. The van der Waals surface area contributed by atoms with E-state index in [-0.39, 0.29) is 18.9 Å². The minimum atomic E-state index is -0.170. The van der Waals surface area contributed by atoms with Gasteiger partial charge in [0, 0.05) is 6.54 Å². The van der Waals surface area contributed by atoms with Crippen molar-refractivity contribution in [3.05, 3.63) is 53.5 Å². The van der Waals surface area contributed by atoms with Crippen LogP contribution in [0.3, 0.4) is 0 Å². The van der Waals surface area contributed by atoms with E-state index in [4.69, 9.17) is 14.4 Å². The SMILES string of the molecule is Cc1ccc(OCC(=O)N(CCC#N)Cc2ccco2)c(C)c1. The number of furan rings is 1. The van der Waals surface area contributed by atoms with Crippen LogP contribution in [0.1, 0.15) is 23.3 Å². The smallest absolute Gasteiger partial charge is 0.260 e. The molecule has 120 valence electrons. The van der Waals surface area contributed by atoms with Crippen molar-refractivity contribution in [1.29, 1.82) is 5.26 Å². The molecule has 0 saturated heterocycles. The van der Waals surface area contributed by atoms with E-state index in [1.54, 1.807) is 23.3 Å². The first-order chi connectivity index (χ1) is 11.1. The zero-order valence-electron chi connectivity index (χ0n) is 13.4. The van der Waals surface area contributed by atoms with Gasteiger partial charge in [0.15, 0.2) is 6.61 Å². The van der Waals surface area contributed by atoms with Crippen molar-refractivity contribution in [3.63, 3.8) is 0 Å². The quantitative estimate of drug-likeness (QED) is 0.787. The standard InChI is InChI=1S/C18H20N2O3/c1-14-6-7-17(15(2)11-14)23-13-18(21)20(9-4-8-19)12-16-5-3-10-22-16/h3,5-7,10-11H,4,9,12-13H2,1-2H3. The maximum Gasteiger partial charge on any atom is 0.260 e. The predicted octanol–water partition coefficient (Wildman–Crippen LogP) is 3.22. The van der Waals surface area contributed by atoms with Gasteiger partial charge in [0.1, 0.15) is 11.5 Å². The van der Waals surface area contributed by atoms with E-state index in [9.17, 15) is 4.79 Å². The summed E-state index contributed by atoms with van der Waals surface area (Å²) in [5.74, 6) is 1.21. The van der Waals surface area contributed by atoms with Crippen LogP contribution in [-0.2, 0) is 11.3 Å². The average Bonchev–Trinajstić information content (AvgIpc) is 3.03. The Bertz CT molecular complexity index is 687. The van der Waals surface area contributed by atoms with Gasteiger partial charge >= 0.3 is 0 Å². The predicted molar refractivity (Wildman–Crippen MR) is 85.8 cm³/mol. The van der Waals surface area contributed by atoms with Crippen molar-refractivity contribution < 1.29 is 13.9 Å². The normalized spacial score (nSPS) is 10.1. The van der Waals surface area contributed by atoms with Gasteiger partial charge in [-0.1, -0.05) is 17.7 Å². The largest absolute Gasteiger partial charge is 0.484 e. The summed E-state index contributed by atoms with van der Waals surface area (Å²) in [6, 6.07) is 11.5. The van der Waals surface area contributed by atoms with E-state index in [2.05, 4.69) is 6.07 Å². The van der Waals surface area contributed by atoms with Crippen LogP contribution in [-0.4, -0.2) is 24.0 Å². The molecule has 0 atom stereocenters. The van der Waals surface area contributed by atoms with Gasteiger partial charge in [-0.3, -0.25) is 4.79 Å². The molecular weight excluding hydrogens is 292 g/mol. The summed E-state index contributed by atoms with van der Waals surface area (Å²) in [7, 11) is 0. The van der Waals surface area contributed by atoms with Gasteiger partial charge in [-0.15, -0.1) is 0 Å². The van der Waals surface area contributed by atoms with E-state index in [1.807, 2.05) is 32.0 Å². The van der Waals surface area contributed by atoms with Crippen LogP contribution >= 0.6 is 0 Å². The molecule has 2 aromatic rings. The number of carbonyl (C=O) groups is 1. The summed E-state index contributed by atoms with van der Waals surface area (Å²) in [6.07, 6.45) is 1.84. The Labute approximate surface area is 136 Å². The molecule has 0 spiro atoms. The van der Waals surface area contributed by atoms with Crippen LogP contribution in [0.5, 0.6) is 5.75 Å². The van der Waals surface area contributed by atoms with Crippen molar-refractivity contribution in [3.8, 4) is 11.8 Å². The molecule has 1 heterocycles. The Kier molecular flexibility index (Phi) is 5.81. The molecule has 0 aliphatic heterocycles. The summed E-state index contributed by atoms with van der Waals surface area (Å²) < 4.78 is 10.9. The van der Waals surface area contributed by atoms with E-state index < -0.39 is 0 Å². The molecule has 23 heavy (non-hydrogen) atoms. The van der Waals surface area contributed by atoms with Crippen molar-refractivity contribution in [2.45, 2.75) is 26.8 Å².